The fourth-order valence-electron chi connectivity index (χ4n) is 4.85. The van der Waals surface area contributed by atoms with Crippen molar-refractivity contribution in [1.29, 1.82) is 0 Å². The summed E-state index contributed by atoms with van der Waals surface area (Å²) in [5, 5.41) is 1.09. The highest BCUT2D eigenvalue weighted by molar-refractivity contribution is 5.82. The molecule has 0 spiro atoms. The molecule has 3 saturated heterocycles. The molecular formula is C22H27N2O2+. The SMILES string of the molecule is C=C[C@H]1C[NH+]2CC[C@H]1C[C@H]2[C@H](OC(=O)CC)c1ccnc2ccccc12. The number of esters is 1. The molecule has 2 bridgehead atoms. The quantitative estimate of drug-likeness (QED) is 0.665. The third-order valence-electron chi connectivity index (χ3n) is 6.23. The largest absolute Gasteiger partial charge is 0.451 e. The number of fused-ring (bicyclic) bond motifs is 4. The van der Waals surface area contributed by atoms with Gasteiger partial charge in [-0.15, -0.1) is 6.58 Å². The number of nitrogens with one attached hydrogen (secondary N) is 1. The van der Waals surface area contributed by atoms with Crippen molar-refractivity contribution in [2.45, 2.75) is 38.3 Å². The van der Waals surface area contributed by atoms with Gasteiger partial charge in [0.2, 0.25) is 0 Å². The molecule has 0 aliphatic carbocycles. The zero-order chi connectivity index (χ0) is 18.1. The molecule has 1 aromatic carbocycles. The number of hydrogen-bond acceptors (Lipinski definition) is 3. The summed E-state index contributed by atoms with van der Waals surface area (Å²) in [6.45, 7) is 8.14. The number of rotatable bonds is 5. The van der Waals surface area contributed by atoms with E-state index in [1.807, 2.05) is 37.4 Å². The zero-order valence-electron chi connectivity index (χ0n) is 15.4. The van der Waals surface area contributed by atoms with E-state index >= 15 is 0 Å². The summed E-state index contributed by atoms with van der Waals surface area (Å²) in [7, 11) is 0. The number of hydrogen-bond donors (Lipinski definition) is 1. The molecule has 5 rings (SSSR count). The Morgan fingerprint density at radius 2 is 2.27 bits per heavy atom. The summed E-state index contributed by atoms with van der Waals surface area (Å²) in [4.78, 5) is 18.3. The number of carbonyl (C=O) groups excluding carboxylic acids is 1. The first kappa shape index (κ1) is 17.2. The number of carbonyl (C=O) groups is 1. The van der Waals surface area contributed by atoms with Crippen LogP contribution in [-0.4, -0.2) is 30.1 Å². The molecule has 4 heteroatoms. The predicted molar refractivity (Wildman–Crippen MR) is 102 cm³/mol. The molecule has 1 N–H and O–H groups in total. The summed E-state index contributed by atoms with van der Waals surface area (Å²) in [5.41, 5.74) is 2.05. The van der Waals surface area contributed by atoms with E-state index in [1.54, 1.807) is 4.90 Å². The molecule has 1 aromatic heterocycles. The minimum atomic E-state index is -0.209. The Bertz CT molecular complexity index is 813. The molecule has 4 heterocycles. The average molecular weight is 351 g/mol. The van der Waals surface area contributed by atoms with Crippen LogP contribution < -0.4 is 4.90 Å². The Hall–Kier alpha value is -2.20. The van der Waals surface area contributed by atoms with Gasteiger partial charge in [-0.2, -0.15) is 0 Å². The van der Waals surface area contributed by atoms with Gasteiger partial charge in [0.05, 0.1) is 18.6 Å². The Labute approximate surface area is 154 Å². The lowest BCUT2D eigenvalue weighted by molar-refractivity contribution is -0.949. The average Bonchev–Trinajstić information content (AvgIpc) is 2.71. The van der Waals surface area contributed by atoms with E-state index in [0.717, 1.165) is 36.0 Å². The van der Waals surface area contributed by atoms with Gasteiger partial charge in [-0.3, -0.25) is 9.78 Å². The lowest BCUT2D eigenvalue weighted by Gasteiger charge is -2.48. The Kier molecular flexibility index (Phi) is 4.77. The van der Waals surface area contributed by atoms with Crippen LogP contribution in [-0.2, 0) is 9.53 Å². The number of aromatic nitrogens is 1. The van der Waals surface area contributed by atoms with Crippen molar-refractivity contribution in [3.8, 4) is 0 Å². The van der Waals surface area contributed by atoms with Gasteiger partial charge in [-0.25, -0.2) is 0 Å². The second-order valence-corrected chi connectivity index (χ2v) is 7.58. The van der Waals surface area contributed by atoms with Gasteiger partial charge in [0, 0.05) is 42.3 Å². The monoisotopic (exact) mass is 351 g/mol. The molecule has 3 fully saturated rings. The number of ether oxygens (including phenoxy) is 1. The van der Waals surface area contributed by atoms with E-state index in [1.165, 1.54) is 6.42 Å². The minimum Gasteiger partial charge on any atom is -0.451 e. The zero-order valence-corrected chi connectivity index (χ0v) is 15.4. The summed E-state index contributed by atoms with van der Waals surface area (Å²) < 4.78 is 6.04. The fraction of sp³-hybridized carbons (Fsp3) is 0.455. The third kappa shape index (κ3) is 3.03. The van der Waals surface area contributed by atoms with Gasteiger partial charge < -0.3 is 9.64 Å². The van der Waals surface area contributed by atoms with Crippen molar-refractivity contribution in [2.24, 2.45) is 11.8 Å². The molecule has 0 saturated carbocycles. The van der Waals surface area contributed by atoms with Gasteiger partial charge in [0.15, 0.2) is 6.10 Å². The Balaban J connectivity index is 1.73. The van der Waals surface area contributed by atoms with Crippen LogP contribution in [0.15, 0.2) is 49.2 Å². The van der Waals surface area contributed by atoms with Gasteiger partial charge in [-0.1, -0.05) is 31.2 Å². The highest BCUT2D eigenvalue weighted by atomic mass is 16.5. The molecule has 26 heavy (non-hydrogen) atoms. The molecule has 0 radical (unpaired) electrons. The third-order valence-corrected chi connectivity index (χ3v) is 6.23. The Morgan fingerprint density at radius 1 is 1.42 bits per heavy atom. The van der Waals surface area contributed by atoms with Crippen LogP contribution >= 0.6 is 0 Å². The highest BCUT2D eigenvalue weighted by Crippen LogP contribution is 2.36. The van der Waals surface area contributed by atoms with Crippen LogP contribution in [0.4, 0.5) is 0 Å². The van der Waals surface area contributed by atoms with Gasteiger partial charge in [0.25, 0.3) is 0 Å². The number of para-hydroxylation sites is 1. The van der Waals surface area contributed by atoms with Crippen LogP contribution in [0.3, 0.4) is 0 Å². The van der Waals surface area contributed by atoms with Crippen molar-refractivity contribution in [3.05, 3.63) is 54.7 Å². The van der Waals surface area contributed by atoms with Crippen LogP contribution in [0.2, 0.25) is 0 Å². The molecule has 0 amide bonds. The van der Waals surface area contributed by atoms with E-state index in [2.05, 4.69) is 23.7 Å². The van der Waals surface area contributed by atoms with E-state index in [0.29, 0.717) is 24.3 Å². The molecule has 3 aliphatic rings. The molecule has 2 aromatic rings. The van der Waals surface area contributed by atoms with Crippen molar-refractivity contribution in [1.82, 2.24) is 4.98 Å². The highest BCUT2D eigenvalue weighted by Gasteiger charge is 2.47. The second-order valence-electron chi connectivity index (χ2n) is 7.58. The minimum absolute atomic E-state index is 0.127. The number of benzene rings is 1. The normalized spacial score (nSPS) is 28.7. The van der Waals surface area contributed by atoms with E-state index in [4.69, 9.17) is 4.74 Å². The number of quaternary nitrogens is 1. The van der Waals surface area contributed by atoms with Crippen molar-refractivity contribution in [2.75, 3.05) is 13.1 Å². The lowest BCUT2D eigenvalue weighted by atomic mass is 9.73. The topological polar surface area (TPSA) is 43.6 Å². The van der Waals surface area contributed by atoms with E-state index in [9.17, 15) is 4.79 Å². The Morgan fingerprint density at radius 3 is 3.00 bits per heavy atom. The maximum atomic E-state index is 12.2. The summed E-state index contributed by atoms with van der Waals surface area (Å²) in [5.74, 6) is 1.12. The van der Waals surface area contributed by atoms with Gasteiger partial charge in [-0.05, 0) is 18.1 Å². The number of piperidine rings is 3. The van der Waals surface area contributed by atoms with Crippen LogP contribution in [0, 0.1) is 11.8 Å². The smallest absolute Gasteiger partial charge is 0.306 e. The molecule has 136 valence electrons. The molecule has 5 atom stereocenters. The molecule has 3 aliphatic heterocycles. The predicted octanol–water partition coefficient (Wildman–Crippen LogP) is 2.71. The molecular weight excluding hydrogens is 324 g/mol. The maximum Gasteiger partial charge on any atom is 0.306 e. The first-order valence-electron chi connectivity index (χ1n) is 9.71. The summed E-state index contributed by atoms with van der Waals surface area (Å²) >= 11 is 0. The second kappa shape index (κ2) is 7.20. The lowest BCUT2D eigenvalue weighted by Crippen LogP contribution is -3.20. The maximum absolute atomic E-state index is 12.2. The van der Waals surface area contributed by atoms with Crippen molar-refractivity contribution < 1.29 is 14.4 Å². The van der Waals surface area contributed by atoms with Crippen LogP contribution in [0.5, 0.6) is 0 Å². The number of pyridine rings is 1. The van der Waals surface area contributed by atoms with Gasteiger partial charge in [0.1, 0.15) is 6.04 Å². The summed E-state index contributed by atoms with van der Waals surface area (Å²) in [6, 6.07) is 10.5. The van der Waals surface area contributed by atoms with Crippen LogP contribution in [0.25, 0.3) is 10.9 Å². The summed E-state index contributed by atoms with van der Waals surface area (Å²) in [6.07, 6.45) is 6.48. The molecule has 1 unspecified atom stereocenters. The number of nitrogens with zero attached hydrogens (tertiary/aromatic N) is 1. The van der Waals surface area contributed by atoms with Crippen molar-refractivity contribution >= 4 is 16.9 Å². The van der Waals surface area contributed by atoms with Crippen molar-refractivity contribution in [3.63, 3.8) is 0 Å². The van der Waals surface area contributed by atoms with Crippen LogP contribution in [0.1, 0.15) is 37.9 Å². The van der Waals surface area contributed by atoms with Gasteiger partial charge >= 0.3 is 5.97 Å². The fourth-order valence-corrected chi connectivity index (χ4v) is 4.85. The first-order chi connectivity index (χ1) is 12.7. The first-order valence-corrected chi connectivity index (χ1v) is 9.71. The van der Waals surface area contributed by atoms with E-state index < -0.39 is 0 Å². The van der Waals surface area contributed by atoms with E-state index in [-0.39, 0.29) is 12.1 Å². The molecule has 4 nitrogen and oxygen atoms in total. The standard InChI is InChI=1S/C22H26N2O2/c1-3-15-14-24-12-10-16(15)13-20(24)22(26-21(25)4-2)18-9-11-23-19-8-6-5-7-17(18)19/h3,5-9,11,15-16,20,22H,1,4,10,12-14H2,2H3/p+1/t15-,16-,20-,22+/m0/s1.